The molecule has 9 nitrogen and oxygen atoms in total. The smallest absolute Gasteiger partial charge is 0.326 e. The molecule has 3 amide bonds. The van der Waals surface area contributed by atoms with Gasteiger partial charge in [-0.05, 0) is 13.3 Å². The first kappa shape index (κ1) is 19.8. The van der Waals surface area contributed by atoms with Crippen LogP contribution < -0.4 is 10.2 Å². The summed E-state index contributed by atoms with van der Waals surface area (Å²) in [7, 11) is 0. The third-order valence-electron chi connectivity index (χ3n) is 4.05. The molecule has 0 aliphatic carbocycles. The Morgan fingerprint density at radius 2 is 2.19 bits per heavy atom. The standard InChI is InChI=1S/C16H22N4O5S/c1-10(15(24)25)19(7-5-17-11(2)21)14(23)8-12-9-26-16(18-12)20-6-3-4-13(20)22/h9-10H,3-8H2,1-2H3,(H,17,21)(H,24,25). The van der Waals surface area contributed by atoms with Crippen molar-refractivity contribution in [1.29, 1.82) is 0 Å². The highest BCUT2D eigenvalue weighted by atomic mass is 32.1. The Labute approximate surface area is 155 Å². The van der Waals surface area contributed by atoms with Gasteiger partial charge < -0.3 is 15.3 Å². The van der Waals surface area contributed by atoms with E-state index in [4.69, 9.17) is 0 Å². The van der Waals surface area contributed by atoms with Gasteiger partial charge in [0.25, 0.3) is 0 Å². The number of hydrogen-bond donors (Lipinski definition) is 2. The first-order valence-corrected chi connectivity index (χ1v) is 9.19. The third kappa shape index (κ3) is 5.01. The molecular formula is C16H22N4O5S. The van der Waals surface area contributed by atoms with Crippen molar-refractivity contribution in [1.82, 2.24) is 15.2 Å². The lowest BCUT2D eigenvalue weighted by Crippen LogP contribution is -2.47. The van der Waals surface area contributed by atoms with E-state index in [0.717, 1.165) is 6.42 Å². The number of aromatic nitrogens is 1. The fourth-order valence-electron chi connectivity index (χ4n) is 2.63. The monoisotopic (exact) mass is 382 g/mol. The molecule has 1 atom stereocenters. The van der Waals surface area contributed by atoms with E-state index in [1.54, 1.807) is 10.3 Å². The topological polar surface area (TPSA) is 120 Å². The molecule has 0 spiro atoms. The number of aliphatic carboxylic acids is 1. The van der Waals surface area contributed by atoms with Gasteiger partial charge in [-0.2, -0.15) is 0 Å². The minimum Gasteiger partial charge on any atom is -0.480 e. The van der Waals surface area contributed by atoms with Crippen LogP contribution in [0.5, 0.6) is 0 Å². The number of carboxylic acids is 1. The second kappa shape index (κ2) is 8.75. The van der Waals surface area contributed by atoms with Gasteiger partial charge in [0.2, 0.25) is 17.7 Å². The first-order valence-electron chi connectivity index (χ1n) is 8.31. The van der Waals surface area contributed by atoms with Gasteiger partial charge in [-0.1, -0.05) is 0 Å². The molecule has 0 radical (unpaired) electrons. The van der Waals surface area contributed by atoms with Crippen LogP contribution in [0.1, 0.15) is 32.4 Å². The van der Waals surface area contributed by atoms with E-state index >= 15 is 0 Å². The Morgan fingerprint density at radius 3 is 2.77 bits per heavy atom. The second-order valence-corrected chi connectivity index (χ2v) is 6.87. The van der Waals surface area contributed by atoms with Crippen molar-refractivity contribution < 1.29 is 24.3 Å². The predicted molar refractivity (Wildman–Crippen MR) is 94.9 cm³/mol. The van der Waals surface area contributed by atoms with Crippen molar-refractivity contribution in [2.24, 2.45) is 0 Å². The molecule has 142 valence electrons. The van der Waals surface area contributed by atoms with Crippen LogP contribution in [0, 0.1) is 0 Å². The summed E-state index contributed by atoms with van der Waals surface area (Å²) < 4.78 is 0. The summed E-state index contributed by atoms with van der Waals surface area (Å²) in [4.78, 5) is 53.7. The van der Waals surface area contributed by atoms with E-state index in [2.05, 4.69) is 10.3 Å². The maximum Gasteiger partial charge on any atom is 0.326 e. The molecule has 0 saturated carbocycles. The zero-order chi connectivity index (χ0) is 19.3. The lowest BCUT2D eigenvalue weighted by atomic mass is 10.2. The lowest BCUT2D eigenvalue weighted by Gasteiger charge is -2.26. The van der Waals surface area contributed by atoms with E-state index in [0.29, 0.717) is 23.8 Å². The molecule has 10 heteroatoms. The van der Waals surface area contributed by atoms with Gasteiger partial charge in [0.05, 0.1) is 12.1 Å². The van der Waals surface area contributed by atoms with E-state index in [9.17, 15) is 24.3 Å². The number of nitrogens with zero attached hydrogens (tertiary/aromatic N) is 3. The molecule has 1 aromatic rings. The molecule has 26 heavy (non-hydrogen) atoms. The maximum atomic E-state index is 12.6. The van der Waals surface area contributed by atoms with Gasteiger partial charge in [0.1, 0.15) is 6.04 Å². The molecule has 1 aromatic heterocycles. The van der Waals surface area contributed by atoms with Crippen molar-refractivity contribution >= 4 is 40.2 Å². The molecule has 2 heterocycles. The zero-order valence-corrected chi connectivity index (χ0v) is 15.5. The molecule has 2 N–H and O–H groups in total. The van der Waals surface area contributed by atoms with E-state index in [1.165, 1.54) is 30.1 Å². The number of anilines is 1. The molecular weight excluding hydrogens is 360 g/mol. The Balaban J connectivity index is 2.03. The molecule has 1 aliphatic heterocycles. The largest absolute Gasteiger partial charge is 0.480 e. The summed E-state index contributed by atoms with van der Waals surface area (Å²) in [5, 5.41) is 14.0. The van der Waals surface area contributed by atoms with Gasteiger partial charge in [-0.25, -0.2) is 9.78 Å². The van der Waals surface area contributed by atoms with Crippen LogP contribution in [-0.4, -0.2) is 64.4 Å². The Bertz CT molecular complexity index is 705. The molecule has 0 bridgehead atoms. The molecule has 1 fully saturated rings. The normalized spacial score (nSPS) is 15.0. The summed E-state index contributed by atoms with van der Waals surface area (Å²) in [6.07, 6.45) is 1.23. The van der Waals surface area contributed by atoms with Crippen LogP contribution in [0.2, 0.25) is 0 Å². The Morgan fingerprint density at radius 1 is 1.46 bits per heavy atom. The minimum atomic E-state index is -1.12. The molecule has 0 aromatic carbocycles. The fourth-order valence-corrected chi connectivity index (χ4v) is 3.50. The summed E-state index contributed by atoms with van der Waals surface area (Å²) >= 11 is 1.29. The highest BCUT2D eigenvalue weighted by Gasteiger charge is 2.27. The maximum absolute atomic E-state index is 12.6. The van der Waals surface area contributed by atoms with Crippen molar-refractivity contribution in [3.8, 4) is 0 Å². The quantitative estimate of drug-likeness (QED) is 0.665. The summed E-state index contributed by atoms with van der Waals surface area (Å²) in [5.74, 6) is -1.74. The average molecular weight is 382 g/mol. The number of thiazole rings is 1. The lowest BCUT2D eigenvalue weighted by molar-refractivity contribution is -0.149. The van der Waals surface area contributed by atoms with Gasteiger partial charge in [0, 0.05) is 38.4 Å². The van der Waals surface area contributed by atoms with Crippen LogP contribution in [0.15, 0.2) is 5.38 Å². The molecule has 2 rings (SSSR count). The Kier molecular flexibility index (Phi) is 6.67. The van der Waals surface area contributed by atoms with Crippen LogP contribution in [0.3, 0.4) is 0 Å². The number of rotatable bonds is 8. The summed E-state index contributed by atoms with van der Waals surface area (Å²) in [5.41, 5.74) is 0.497. The number of amides is 3. The van der Waals surface area contributed by atoms with Crippen molar-refractivity contribution in [3.63, 3.8) is 0 Å². The minimum absolute atomic E-state index is 0.0219. The zero-order valence-electron chi connectivity index (χ0n) is 14.7. The van der Waals surface area contributed by atoms with Gasteiger partial charge in [0.15, 0.2) is 5.13 Å². The number of carbonyl (C=O) groups is 4. The second-order valence-electron chi connectivity index (χ2n) is 6.03. The van der Waals surface area contributed by atoms with Gasteiger partial charge in [-0.3, -0.25) is 19.3 Å². The number of nitrogens with one attached hydrogen (secondary N) is 1. The van der Waals surface area contributed by atoms with Crippen LogP contribution in [0.25, 0.3) is 0 Å². The number of hydrogen-bond acceptors (Lipinski definition) is 6. The average Bonchev–Trinajstić information content (AvgIpc) is 3.19. The SMILES string of the molecule is CC(=O)NCCN(C(=O)Cc1csc(N2CCCC2=O)n1)C(C)C(=O)O. The van der Waals surface area contributed by atoms with Crippen LogP contribution >= 0.6 is 11.3 Å². The summed E-state index contributed by atoms with van der Waals surface area (Å²) in [6.45, 7) is 3.65. The Hall–Kier alpha value is -2.49. The van der Waals surface area contributed by atoms with Crippen LogP contribution in [-0.2, 0) is 25.6 Å². The molecule has 1 aliphatic rings. The highest BCUT2D eigenvalue weighted by molar-refractivity contribution is 7.14. The van der Waals surface area contributed by atoms with Crippen molar-refractivity contribution in [2.75, 3.05) is 24.5 Å². The van der Waals surface area contributed by atoms with E-state index in [-0.39, 0.29) is 31.3 Å². The fraction of sp³-hybridized carbons (Fsp3) is 0.562. The molecule has 1 unspecified atom stereocenters. The van der Waals surface area contributed by atoms with E-state index in [1.807, 2.05) is 0 Å². The first-order chi connectivity index (χ1) is 12.3. The van der Waals surface area contributed by atoms with Crippen LogP contribution in [0.4, 0.5) is 5.13 Å². The number of carboxylic acid groups (broad SMARTS) is 1. The van der Waals surface area contributed by atoms with E-state index < -0.39 is 17.9 Å². The summed E-state index contributed by atoms with van der Waals surface area (Å²) in [6, 6.07) is -1.02. The number of carbonyl (C=O) groups excluding carboxylic acids is 3. The predicted octanol–water partition coefficient (Wildman–Crippen LogP) is 0.250. The van der Waals surface area contributed by atoms with Gasteiger partial charge >= 0.3 is 5.97 Å². The highest BCUT2D eigenvalue weighted by Crippen LogP contribution is 2.25. The molecule has 1 saturated heterocycles. The van der Waals surface area contributed by atoms with Crippen molar-refractivity contribution in [3.05, 3.63) is 11.1 Å². The van der Waals surface area contributed by atoms with Crippen molar-refractivity contribution in [2.45, 2.75) is 39.2 Å². The van der Waals surface area contributed by atoms with Gasteiger partial charge in [-0.15, -0.1) is 11.3 Å². The third-order valence-corrected chi connectivity index (χ3v) is 4.96.